The SMILES string of the molecule is CSC[C@H]1O[C@@H](N2CCc3c(N)ncnc32)[C@H](O)[C@@H]1O. The number of rotatable bonds is 3. The fourth-order valence-corrected chi connectivity index (χ4v) is 3.38. The molecule has 20 heavy (non-hydrogen) atoms. The van der Waals surface area contributed by atoms with Gasteiger partial charge in [0.1, 0.15) is 30.2 Å². The van der Waals surface area contributed by atoms with Crippen LogP contribution in [0, 0.1) is 0 Å². The summed E-state index contributed by atoms with van der Waals surface area (Å²) in [5, 5.41) is 20.3. The molecule has 0 unspecified atom stereocenters. The molecule has 1 aromatic heterocycles. The molecule has 0 aliphatic carbocycles. The average molecular weight is 298 g/mol. The Balaban J connectivity index is 1.84. The van der Waals surface area contributed by atoms with Crippen molar-refractivity contribution in [3.05, 3.63) is 11.9 Å². The van der Waals surface area contributed by atoms with Crippen molar-refractivity contribution in [2.24, 2.45) is 0 Å². The van der Waals surface area contributed by atoms with Crippen LogP contribution in [0.2, 0.25) is 0 Å². The molecule has 1 saturated heterocycles. The summed E-state index contributed by atoms with van der Waals surface area (Å²) < 4.78 is 5.81. The second kappa shape index (κ2) is 5.36. The van der Waals surface area contributed by atoms with E-state index in [9.17, 15) is 10.2 Å². The summed E-state index contributed by atoms with van der Waals surface area (Å²) >= 11 is 1.58. The summed E-state index contributed by atoms with van der Waals surface area (Å²) in [5.41, 5.74) is 6.72. The van der Waals surface area contributed by atoms with E-state index in [-0.39, 0.29) is 6.10 Å². The third-order valence-electron chi connectivity index (χ3n) is 3.81. The van der Waals surface area contributed by atoms with E-state index in [0.717, 1.165) is 12.0 Å². The Hall–Kier alpha value is -1.09. The van der Waals surface area contributed by atoms with Gasteiger partial charge in [0.2, 0.25) is 0 Å². The second-order valence-electron chi connectivity index (χ2n) is 5.01. The Kier molecular flexibility index (Phi) is 3.72. The monoisotopic (exact) mass is 298 g/mol. The number of nitrogens with two attached hydrogens (primary N) is 1. The number of hydrogen-bond donors (Lipinski definition) is 3. The number of nitrogen functional groups attached to an aromatic ring is 1. The maximum absolute atomic E-state index is 10.2. The van der Waals surface area contributed by atoms with E-state index >= 15 is 0 Å². The summed E-state index contributed by atoms with van der Waals surface area (Å²) in [7, 11) is 0. The molecule has 0 amide bonds. The fraction of sp³-hybridized carbons (Fsp3) is 0.667. The quantitative estimate of drug-likeness (QED) is 0.668. The summed E-state index contributed by atoms with van der Waals surface area (Å²) in [5.74, 6) is 1.80. The molecular formula is C12H18N4O3S. The minimum Gasteiger partial charge on any atom is -0.387 e. The highest BCUT2D eigenvalue weighted by molar-refractivity contribution is 7.98. The molecule has 0 spiro atoms. The third-order valence-corrected chi connectivity index (χ3v) is 4.47. The maximum atomic E-state index is 10.2. The summed E-state index contributed by atoms with van der Waals surface area (Å²) in [6, 6.07) is 0. The average Bonchev–Trinajstić information content (AvgIpc) is 2.97. The Morgan fingerprint density at radius 1 is 1.45 bits per heavy atom. The molecule has 4 N–H and O–H groups in total. The van der Waals surface area contributed by atoms with Gasteiger partial charge in [-0.25, -0.2) is 9.97 Å². The molecule has 2 aliphatic rings. The van der Waals surface area contributed by atoms with Crippen molar-refractivity contribution in [2.75, 3.05) is 29.2 Å². The van der Waals surface area contributed by atoms with Crippen molar-refractivity contribution in [1.29, 1.82) is 0 Å². The number of hydrogen-bond acceptors (Lipinski definition) is 8. The first kappa shape index (κ1) is 13.9. The maximum Gasteiger partial charge on any atom is 0.160 e. The van der Waals surface area contributed by atoms with E-state index in [4.69, 9.17) is 10.5 Å². The standard InChI is InChI=1S/C12H18N4O3S/c1-20-4-7-8(17)9(18)12(19-7)16-3-2-6-10(13)14-5-15-11(6)16/h5,7-9,12,17-18H,2-4H2,1H3,(H2,13,14,15)/t7-,8-,9-,12-/m1/s1. The molecule has 7 nitrogen and oxygen atoms in total. The molecule has 1 aromatic rings. The molecule has 110 valence electrons. The molecule has 0 radical (unpaired) electrons. The zero-order chi connectivity index (χ0) is 14.3. The van der Waals surface area contributed by atoms with Crippen LogP contribution in [-0.4, -0.2) is 63.3 Å². The molecule has 4 atom stereocenters. The van der Waals surface area contributed by atoms with Gasteiger partial charge in [0.25, 0.3) is 0 Å². The lowest BCUT2D eigenvalue weighted by Crippen LogP contribution is -2.43. The van der Waals surface area contributed by atoms with Crippen molar-refractivity contribution < 1.29 is 14.9 Å². The summed E-state index contributed by atoms with van der Waals surface area (Å²) in [6.45, 7) is 0.651. The molecule has 2 aliphatic heterocycles. The fourth-order valence-electron chi connectivity index (χ4n) is 2.78. The van der Waals surface area contributed by atoms with Crippen LogP contribution < -0.4 is 10.6 Å². The van der Waals surface area contributed by atoms with Gasteiger partial charge in [0, 0.05) is 17.9 Å². The lowest BCUT2D eigenvalue weighted by Gasteiger charge is -2.27. The topological polar surface area (TPSA) is 105 Å². The number of aliphatic hydroxyl groups is 2. The number of fused-ring (bicyclic) bond motifs is 1. The first-order chi connectivity index (χ1) is 9.63. The van der Waals surface area contributed by atoms with Crippen molar-refractivity contribution in [3.63, 3.8) is 0 Å². The highest BCUT2D eigenvalue weighted by Gasteiger charge is 2.47. The van der Waals surface area contributed by atoms with Crippen LogP contribution in [0.3, 0.4) is 0 Å². The largest absolute Gasteiger partial charge is 0.387 e. The van der Waals surface area contributed by atoms with Gasteiger partial charge in [0.05, 0.1) is 6.10 Å². The van der Waals surface area contributed by atoms with Crippen LogP contribution in [0.15, 0.2) is 6.33 Å². The third kappa shape index (κ3) is 2.12. The molecule has 3 rings (SSSR count). The Bertz CT molecular complexity index is 504. The predicted molar refractivity (Wildman–Crippen MR) is 76.6 cm³/mol. The second-order valence-corrected chi connectivity index (χ2v) is 5.92. The molecule has 0 aromatic carbocycles. The minimum absolute atomic E-state index is 0.367. The van der Waals surface area contributed by atoms with E-state index in [2.05, 4.69) is 9.97 Å². The highest BCUT2D eigenvalue weighted by Crippen LogP contribution is 2.35. The van der Waals surface area contributed by atoms with Crippen molar-refractivity contribution in [2.45, 2.75) is 31.0 Å². The van der Waals surface area contributed by atoms with Crippen LogP contribution in [0.5, 0.6) is 0 Å². The smallest absolute Gasteiger partial charge is 0.160 e. The Morgan fingerprint density at radius 2 is 2.25 bits per heavy atom. The van der Waals surface area contributed by atoms with E-state index in [0.29, 0.717) is 23.9 Å². The zero-order valence-corrected chi connectivity index (χ0v) is 12.0. The van der Waals surface area contributed by atoms with Crippen molar-refractivity contribution >= 4 is 23.4 Å². The first-order valence-electron chi connectivity index (χ1n) is 6.50. The number of nitrogens with zero attached hydrogens (tertiary/aromatic N) is 3. The van der Waals surface area contributed by atoms with Crippen LogP contribution >= 0.6 is 11.8 Å². The van der Waals surface area contributed by atoms with Gasteiger partial charge in [0.15, 0.2) is 6.23 Å². The minimum atomic E-state index is -0.950. The zero-order valence-electron chi connectivity index (χ0n) is 11.1. The van der Waals surface area contributed by atoms with Crippen molar-refractivity contribution in [3.8, 4) is 0 Å². The normalized spacial score (nSPS) is 32.6. The van der Waals surface area contributed by atoms with E-state index < -0.39 is 18.4 Å². The van der Waals surface area contributed by atoms with Gasteiger partial charge in [-0.15, -0.1) is 0 Å². The van der Waals surface area contributed by atoms with Gasteiger partial charge in [-0.05, 0) is 12.7 Å². The number of thioether (sulfide) groups is 1. The number of anilines is 2. The Labute approximate surface area is 121 Å². The molecule has 0 saturated carbocycles. The van der Waals surface area contributed by atoms with E-state index in [1.165, 1.54) is 6.33 Å². The van der Waals surface area contributed by atoms with Crippen LogP contribution in [-0.2, 0) is 11.2 Å². The predicted octanol–water partition coefficient (Wildman–Crippen LogP) is -0.769. The lowest BCUT2D eigenvalue weighted by atomic mass is 10.1. The van der Waals surface area contributed by atoms with Crippen LogP contribution in [0.1, 0.15) is 5.56 Å². The van der Waals surface area contributed by atoms with Gasteiger partial charge in [-0.3, -0.25) is 0 Å². The van der Waals surface area contributed by atoms with Gasteiger partial charge < -0.3 is 25.6 Å². The van der Waals surface area contributed by atoms with E-state index in [1.807, 2.05) is 11.2 Å². The molecule has 3 heterocycles. The lowest BCUT2D eigenvalue weighted by molar-refractivity contribution is 0.0166. The molecular weight excluding hydrogens is 280 g/mol. The van der Waals surface area contributed by atoms with Crippen LogP contribution in [0.4, 0.5) is 11.6 Å². The Morgan fingerprint density at radius 3 is 3.00 bits per heavy atom. The number of ether oxygens (including phenoxy) is 1. The van der Waals surface area contributed by atoms with Gasteiger partial charge >= 0.3 is 0 Å². The summed E-state index contributed by atoms with van der Waals surface area (Å²) in [4.78, 5) is 10.1. The van der Waals surface area contributed by atoms with Crippen LogP contribution in [0.25, 0.3) is 0 Å². The van der Waals surface area contributed by atoms with Gasteiger partial charge in [-0.1, -0.05) is 0 Å². The number of aliphatic hydroxyl groups excluding tert-OH is 2. The molecule has 0 bridgehead atoms. The number of aromatic nitrogens is 2. The van der Waals surface area contributed by atoms with Crippen molar-refractivity contribution in [1.82, 2.24) is 9.97 Å². The van der Waals surface area contributed by atoms with Gasteiger partial charge in [-0.2, -0.15) is 11.8 Å². The van der Waals surface area contributed by atoms with E-state index in [1.54, 1.807) is 11.8 Å². The molecule has 1 fully saturated rings. The highest BCUT2D eigenvalue weighted by atomic mass is 32.2. The summed E-state index contributed by atoms with van der Waals surface area (Å²) in [6.07, 6.45) is 1.28. The molecule has 8 heteroatoms. The first-order valence-corrected chi connectivity index (χ1v) is 7.89.